The summed E-state index contributed by atoms with van der Waals surface area (Å²) in [5.41, 5.74) is 11.4. The molecule has 0 fully saturated rings. The van der Waals surface area contributed by atoms with Crippen LogP contribution in [0.3, 0.4) is 0 Å². The third kappa shape index (κ3) is 6.66. The Morgan fingerprint density at radius 2 is 0.727 bits per heavy atom. The number of nitrogens with zero attached hydrogens (tertiary/aromatic N) is 4. The van der Waals surface area contributed by atoms with Crippen LogP contribution in [0.5, 0.6) is 0 Å². The van der Waals surface area contributed by atoms with Gasteiger partial charge in [0, 0.05) is 16.7 Å². The van der Waals surface area contributed by atoms with Crippen LogP contribution in [0, 0.1) is 6.57 Å². The lowest BCUT2D eigenvalue weighted by atomic mass is 9.87. The molecular weight excluding hydrogens is 801 g/mol. The molecule has 12 aromatic rings. The highest BCUT2D eigenvalue weighted by molar-refractivity contribution is 6.14. The van der Waals surface area contributed by atoms with E-state index in [0.29, 0.717) is 23.2 Å². The van der Waals surface area contributed by atoms with E-state index in [1.165, 1.54) is 37.9 Å². The topological polar surface area (TPSA) is 43.0 Å². The van der Waals surface area contributed by atoms with E-state index in [1.54, 1.807) is 0 Å². The smallest absolute Gasteiger partial charge is 0.195 e. The molecule has 0 N–H and O–H groups in total. The Hall–Kier alpha value is -9.04. The van der Waals surface area contributed by atoms with Gasteiger partial charge in [0.2, 0.25) is 0 Å². The highest BCUT2D eigenvalue weighted by atomic mass is 15.0. The normalized spacial score (nSPS) is 11.3. The Kier molecular flexibility index (Phi) is 9.51. The number of aromatic nitrogens is 3. The van der Waals surface area contributed by atoms with Crippen LogP contribution < -0.4 is 0 Å². The SMILES string of the molecule is [C-]#[N+]c1cccc(-c2ccccc2-c2nc(-c3ccccc3)nc(-c3cccc4c3ccc3ccccc34)n2)c1-c1cccc(-c2ccccc2-c2cccc3c2ccc2ccccc23)c1. The summed E-state index contributed by atoms with van der Waals surface area (Å²) in [6.45, 7) is 8.46. The summed E-state index contributed by atoms with van der Waals surface area (Å²) in [5, 5.41) is 9.49. The van der Waals surface area contributed by atoms with Crippen LogP contribution >= 0.6 is 0 Å². The number of hydrogen-bond acceptors (Lipinski definition) is 3. The van der Waals surface area contributed by atoms with E-state index in [9.17, 15) is 0 Å². The molecule has 1 aromatic heterocycles. The number of benzene rings is 11. The lowest BCUT2D eigenvalue weighted by Gasteiger charge is -2.18. The van der Waals surface area contributed by atoms with Gasteiger partial charge in [0.05, 0.1) is 6.57 Å². The second-order valence-corrected chi connectivity index (χ2v) is 16.5. The lowest BCUT2D eigenvalue weighted by molar-refractivity contribution is 1.08. The van der Waals surface area contributed by atoms with Crippen molar-refractivity contribution in [1.29, 1.82) is 0 Å². The summed E-state index contributed by atoms with van der Waals surface area (Å²) in [7, 11) is 0. The fourth-order valence-electron chi connectivity index (χ4n) is 9.73. The summed E-state index contributed by atoms with van der Waals surface area (Å²) in [4.78, 5) is 19.8. The Labute approximate surface area is 382 Å². The first-order valence-electron chi connectivity index (χ1n) is 22.1. The van der Waals surface area contributed by atoms with Crippen molar-refractivity contribution in [2.75, 3.05) is 0 Å². The summed E-state index contributed by atoms with van der Waals surface area (Å²) in [6, 6.07) is 80.4. The van der Waals surface area contributed by atoms with Crippen LogP contribution in [0.4, 0.5) is 5.69 Å². The van der Waals surface area contributed by atoms with Gasteiger partial charge in [-0.1, -0.05) is 224 Å². The molecule has 4 nitrogen and oxygen atoms in total. The zero-order valence-corrected chi connectivity index (χ0v) is 35.7. The molecule has 306 valence electrons. The van der Waals surface area contributed by atoms with Crippen LogP contribution in [0.1, 0.15) is 0 Å². The predicted molar refractivity (Wildman–Crippen MR) is 274 cm³/mol. The summed E-state index contributed by atoms with van der Waals surface area (Å²) in [5.74, 6) is 1.73. The molecular formula is C62H38N4. The van der Waals surface area contributed by atoms with Crippen molar-refractivity contribution in [2.24, 2.45) is 0 Å². The Morgan fingerprint density at radius 3 is 1.42 bits per heavy atom. The van der Waals surface area contributed by atoms with Gasteiger partial charge in [-0.05, 0) is 93.7 Å². The molecule has 0 amide bonds. The van der Waals surface area contributed by atoms with Crippen molar-refractivity contribution in [3.8, 4) is 78.7 Å². The van der Waals surface area contributed by atoms with E-state index in [0.717, 1.165) is 66.4 Å². The quantitative estimate of drug-likeness (QED) is 0.119. The molecule has 0 atom stereocenters. The van der Waals surface area contributed by atoms with Crippen LogP contribution in [0.25, 0.3) is 127 Å². The number of rotatable bonds is 7. The number of hydrogen-bond donors (Lipinski definition) is 0. The summed E-state index contributed by atoms with van der Waals surface area (Å²) >= 11 is 0. The molecule has 11 aromatic carbocycles. The Balaban J connectivity index is 1.02. The van der Waals surface area contributed by atoms with Gasteiger partial charge >= 0.3 is 0 Å². The highest BCUT2D eigenvalue weighted by Gasteiger charge is 2.21. The first-order valence-corrected chi connectivity index (χ1v) is 22.1. The van der Waals surface area contributed by atoms with E-state index < -0.39 is 0 Å². The van der Waals surface area contributed by atoms with Crippen LogP contribution in [0.15, 0.2) is 231 Å². The molecule has 12 rings (SSSR count). The molecule has 0 unspecified atom stereocenters. The van der Waals surface area contributed by atoms with Crippen molar-refractivity contribution >= 4 is 48.8 Å². The third-order valence-corrected chi connectivity index (χ3v) is 12.8. The number of fused-ring (bicyclic) bond motifs is 6. The van der Waals surface area contributed by atoms with E-state index in [-0.39, 0.29) is 0 Å². The minimum absolute atomic E-state index is 0.553. The molecule has 0 radical (unpaired) electrons. The van der Waals surface area contributed by atoms with E-state index >= 15 is 0 Å². The standard InChI is InChI=1S/C62H38N4/c1-63-58-34-16-32-55(59(58)44-22-13-21-43(39-44)47-25-9-10-26-48(47)51-31-14-29-49-45-23-7-5-17-40(45)35-37-53(49)51)52-27-11-12-28-56(52)61-64-60(42-19-3-2-4-20-42)65-62(66-61)57-33-15-30-50-46-24-8-6-18-41(46)36-38-54(50)57/h2-39H. The molecule has 0 saturated carbocycles. The fourth-order valence-corrected chi connectivity index (χ4v) is 9.73. The maximum Gasteiger partial charge on any atom is 0.195 e. The molecule has 4 heteroatoms. The van der Waals surface area contributed by atoms with Gasteiger partial charge in [0.1, 0.15) is 0 Å². The van der Waals surface area contributed by atoms with Gasteiger partial charge in [0.15, 0.2) is 23.2 Å². The van der Waals surface area contributed by atoms with Gasteiger partial charge < -0.3 is 0 Å². The van der Waals surface area contributed by atoms with Gasteiger partial charge in [-0.15, -0.1) is 0 Å². The van der Waals surface area contributed by atoms with Crippen LogP contribution in [-0.2, 0) is 0 Å². The van der Waals surface area contributed by atoms with Crippen LogP contribution in [-0.4, -0.2) is 15.0 Å². The molecule has 0 aliphatic carbocycles. The second kappa shape index (κ2) is 16.3. The molecule has 0 bridgehead atoms. The zero-order valence-electron chi connectivity index (χ0n) is 35.7. The van der Waals surface area contributed by atoms with Crippen molar-refractivity contribution in [3.63, 3.8) is 0 Å². The maximum atomic E-state index is 8.46. The lowest BCUT2D eigenvalue weighted by Crippen LogP contribution is -2.01. The van der Waals surface area contributed by atoms with E-state index in [4.69, 9.17) is 21.5 Å². The first kappa shape index (κ1) is 38.6. The van der Waals surface area contributed by atoms with Crippen molar-refractivity contribution in [3.05, 3.63) is 242 Å². The maximum absolute atomic E-state index is 8.46. The minimum Gasteiger partial charge on any atom is -0.237 e. The van der Waals surface area contributed by atoms with Gasteiger partial charge in [0.25, 0.3) is 0 Å². The van der Waals surface area contributed by atoms with Crippen molar-refractivity contribution < 1.29 is 0 Å². The predicted octanol–water partition coefficient (Wildman–Crippen LogP) is 16.7. The van der Waals surface area contributed by atoms with Gasteiger partial charge in [-0.2, -0.15) is 0 Å². The van der Waals surface area contributed by atoms with Crippen molar-refractivity contribution in [2.45, 2.75) is 0 Å². The third-order valence-electron chi connectivity index (χ3n) is 12.8. The molecule has 1 heterocycles. The molecule has 0 spiro atoms. The second-order valence-electron chi connectivity index (χ2n) is 16.5. The monoisotopic (exact) mass is 838 g/mol. The molecule has 0 aliphatic heterocycles. The Bertz CT molecular complexity index is 3900. The first-order chi connectivity index (χ1) is 32.7. The fraction of sp³-hybridized carbons (Fsp3) is 0. The minimum atomic E-state index is 0.553. The van der Waals surface area contributed by atoms with Gasteiger partial charge in [-0.3, -0.25) is 0 Å². The van der Waals surface area contributed by atoms with Crippen molar-refractivity contribution in [1.82, 2.24) is 15.0 Å². The zero-order chi connectivity index (χ0) is 44.0. The molecule has 0 aliphatic rings. The average molecular weight is 839 g/mol. The highest BCUT2D eigenvalue weighted by Crippen LogP contribution is 2.45. The molecule has 66 heavy (non-hydrogen) atoms. The van der Waals surface area contributed by atoms with Crippen LogP contribution in [0.2, 0.25) is 0 Å². The Morgan fingerprint density at radius 1 is 0.273 bits per heavy atom. The largest absolute Gasteiger partial charge is 0.237 e. The average Bonchev–Trinajstić information content (AvgIpc) is 3.40. The summed E-state index contributed by atoms with van der Waals surface area (Å²) in [6.07, 6.45) is 0. The van der Waals surface area contributed by atoms with E-state index in [2.05, 4.69) is 181 Å². The van der Waals surface area contributed by atoms with Gasteiger partial charge in [-0.25, -0.2) is 19.8 Å². The molecule has 0 saturated heterocycles. The van der Waals surface area contributed by atoms with E-state index in [1.807, 2.05) is 54.6 Å². The summed E-state index contributed by atoms with van der Waals surface area (Å²) < 4.78 is 0.